The summed E-state index contributed by atoms with van der Waals surface area (Å²) in [7, 11) is 0. The van der Waals surface area contributed by atoms with Crippen LogP contribution in [-0.4, -0.2) is 21.7 Å². The van der Waals surface area contributed by atoms with Crippen molar-refractivity contribution < 1.29 is 0 Å². The molecular weight excluding hydrogens is 310 g/mol. The molecule has 5 heteroatoms. The van der Waals surface area contributed by atoms with Crippen LogP contribution >= 0.6 is 0 Å². The highest BCUT2D eigenvalue weighted by Gasteiger charge is 2.18. The van der Waals surface area contributed by atoms with Gasteiger partial charge in [0.05, 0.1) is 6.20 Å². The van der Waals surface area contributed by atoms with Crippen molar-refractivity contribution in [3.63, 3.8) is 0 Å². The SMILES string of the molecule is Cc1ccc(Nc2cnnc(N3CCc4ccccc4C3)n2)c(C)c1. The van der Waals surface area contributed by atoms with Crippen molar-refractivity contribution in [3.05, 3.63) is 70.9 Å². The van der Waals surface area contributed by atoms with Crippen LogP contribution in [0, 0.1) is 13.8 Å². The first-order chi connectivity index (χ1) is 12.2. The number of aryl methyl sites for hydroxylation is 2. The molecule has 4 rings (SSSR count). The molecule has 25 heavy (non-hydrogen) atoms. The Morgan fingerprint density at radius 2 is 1.88 bits per heavy atom. The zero-order valence-electron chi connectivity index (χ0n) is 14.5. The molecule has 5 nitrogen and oxygen atoms in total. The van der Waals surface area contributed by atoms with Gasteiger partial charge in [-0.05, 0) is 43.0 Å². The van der Waals surface area contributed by atoms with Gasteiger partial charge in [0.1, 0.15) is 0 Å². The third-order valence-corrected chi connectivity index (χ3v) is 4.61. The predicted octanol–water partition coefficient (Wildman–Crippen LogP) is 3.79. The van der Waals surface area contributed by atoms with E-state index in [0.29, 0.717) is 5.95 Å². The Kier molecular flexibility index (Phi) is 4.06. The Morgan fingerprint density at radius 3 is 2.72 bits per heavy atom. The fourth-order valence-corrected chi connectivity index (χ4v) is 3.25. The van der Waals surface area contributed by atoms with Crippen molar-refractivity contribution in [2.75, 3.05) is 16.8 Å². The number of rotatable bonds is 3. The number of nitrogens with zero attached hydrogens (tertiary/aromatic N) is 4. The first-order valence-corrected chi connectivity index (χ1v) is 8.55. The fourth-order valence-electron chi connectivity index (χ4n) is 3.25. The van der Waals surface area contributed by atoms with E-state index in [0.717, 1.165) is 31.0 Å². The minimum atomic E-state index is 0.671. The van der Waals surface area contributed by atoms with Crippen molar-refractivity contribution in [2.24, 2.45) is 0 Å². The van der Waals surface area contributed by atoms with E-state index in [1.54, 1.807) is 6.20 Å². The lowest BCUT2D eigenvalue weighted by atomic mass is 10.0. The topological polar surface area (TPSA) is 53.9 Å². The maximum Gasteiger partial charge on any atom is 0.247 e. The van der Waals surface area contributed by atoms with Gasteiger partial charge in [0.25, 0.3) is 0 Å². The van der Waals surface area contributed by atoms with Crippen LogP contribution in [0.15, 0.2) is 48.7 Å². The van der Waals surface area contributed by atoms with E-state index < -0.39 is 0 Å². The molecule has 0 aliphatic carbocycles. The first kappa shape index (κ1) is 15.6. The minimum Gasteiger partial charge on any atom is -0.339 e. The standard InChI is InChI=1S/C20H21N5/c1-14-7-8-18(15(2)11-14)22-19-12-21-24-20(23-19)25-10-9-16-5-3-4-6-17(16)13-25/h3-8,11-12H,9-10,13H2,1-2H3,(H,22,23,24). The molecular formula is C20H21N5. The van der Waals surface area contributed by atoms with Crippen LogP contribution in [-0.2, 0) is 13.0 Å². The Hall–Kier alpha value is -2.95. The second-order valence-electron chi connectivity index (χ2n) is 6.53. The molecule has 0 amide bonds. The van der Waals surface area contributed by atoms with E-state index in [1.807, 2.05) is 0 Å². The molecule has 0 radical (unpaired) electrons. The Labute approximate surface area is 147 Å². The second kappa shape index (κ2) is 6.51. The van der Waals surface area contributed by atoms with E-state index in [4.69, 9.17) is 0 Å². The third kappa shape index (κ3) is 3.31. The van der Waals surface area contributed by atoms with Gasteiger partial charge >= 0.3 is 0 Å². The number of benzene rings is 2. The van der Waals surface area contributed by atoms with E-state index >= 15 is 0 Å². The lowest BCUT2D eigenvalue weighted by molar-refractivity contribution is 0.698. The average molecular weight is 331 g/mol. The minimum absolute atomic E-state index is 0.671. The van der Waals surface area contributed by atoms with Crippen LogP contribution in [0.5, 0.6) is 0 Å². The normalized spacial score (nSPS) is 13.4. The van der Waals surface area contributed by atoms with Crippen LogP contribution in [0.4, 0.5) is 17.5 Å². The van der Waals surface area contributed by atoms with Crippen LogP contribution in [0.3, 0.4) is 0 Å². The summed E-state index contributed by atoms with van der Waals surface area (Å²) < 4.78 is 0. The molecule has 0 bridgehead atoms. The average Bonchev–Trinajstić information content (AvgIpc) is 2.64. The molecule has 0 saturated carbocycles. The predicted molar refractivity (Wildman–Crippen MR) is 100 cm³/mol. The summed E-state index contributed by atoms with van der Waals surface area (Å²) in [5.74, 6) is 1.39. The molecule has 126 valence electrons. The number of hydrogen-bond acceptors (Lipinski definition) is 5. The van der Waals surface area contributed by atoms with Gasteiger partial charge in [-0.1, -0.05) is 42.0 Å². The molecule has 2 heterocycles. The van der Waals surface area contributed by atoms with Crippen LogP contribution < -0.4 is 10.2 Å². The third-order valence-electron chi connectivity index (χ3n) is 4.61. The summed E-state index contributed by atoms with van der Waals surface area (Å²) in [6, 6.07) is 14.9. The van der Waals surface area contributed by atoms with Gasteiger partial charge in [-0.15, -0.1) is 5.10 Å². The van der Waals surface area contributed by atoms with Crippen molar-refractivity contribution >= 4 is 17.5 Å². The molecule has 1 aliphatic heterocycles. The second-order valence-corrected chi connectivity index (χ2v) is 6.53. The Morgan fingerprint density at radius 1 is 1.04 bits per heavy atom. The highest BCUT2D eigenvalue weighted by atomic mass is 15.3. The van der Waals surface area contributed by atoms with Crippen molar-refractivity contribution in [2.45, 2.75) is 26.8 Å². The van der Waals surface area contributed by atoms with Gasteiger partial charge in [-0.3, -0.25) is 0 Å². The highest BCUT2D eigenvalue weighted by molar-refractivity contribution is 5.61. The summed E-state index contributed by atoms with van der Waals surface area (Å²) in [5.41, 5.74) is 6.23. The molecule has 0 spiro atoms. The van der Waals surface area contributed by atoms with E-state index in [9.17, 15) is 0 Å². The maximum absolute atomic E-state index is 4.67. The van der Waals surface area contributed by atoms with E-state index in [1.165, 1.54) is 22.3 Å². The van der Waals surface area contributed by atoms with Crippen LogP contribution in [0.2, 0.25) is 0 Å². The number of anilines is 3. The lowest BCUT2D eigenvalue weighted by Crippen LogP contribution is -2.32. The van der Waals surface area contributed by atoms with E-state index in [2.05, 4.69) is 81.7 Å². The van der Waals surface area contributed by atoms with Gasteiger partial charge in [0.15, 0.2) is 5.82 Å². The molecule has 0 saturated heterocycles. The van der Waals surface area contributed by atoms with Crippen molar-refractivity contribution in [1.29, 1.82) is 0 Å². The number of aromatic nitrogens is 3. The summed E-state index contributed by atoms with van der Waals surface area (Å²) in [5, 5.41) is 11.7. The number of nitrogens with one attached hydrogen (secondary N) is 1. The largest absolute Gasteiger partial charge is 0.339 e. The zero-order valence-corrected chi connectivity index (χ0v) is 14.5. The first-order valence-electron chi connectivity index (χ1n) is 8.55. The number of hydrogen-bond donors (Lipinski definition) is 1. The highest BCUT2D eigenvalue weighted by Crippen LogP contribution is 2.24. The monoisotopic (exact) mass is 331 g/mol. The molecule has 3 aromatic rings. The van der Waals surface area contributed by atoms with Gasteiger partial charge in [0.2, 0.25) is 5.95 Å². The molecule has 0 atom stereocenters. The fraction of sp³-hybridized carbons (Fsp3) is 0.250. The molecule has 0 unspecified atom stereocenters. The molecule has 2 aromatic carbocycles. The van der Waals surface area contributed by atoms with Gasteiger partial charge in [-0.25, -0.2) is 0 Å². The van der Waals surface area contributed by atoms with Crippen LogP contribution in [0.25, 0.3) is 0 Å². The van der Waals surface area contributed by atoms with Gasteiger partial charge in [0, 0.05) is 18.8 Å². The lowest BCUT2D eigenvalue weighted by Gasteiger charge is -2.28. The quantitative estimate of drug-likeness (QED) is 0.791. The van der Waals surface area contributed by atoms with Gasteiger partial charge in [-0.2, -0.15) is 10.1 Å². The molecule has 1 aromatic heterocycles. The smallest absolute Gasteiger partial charge is 0.247 e. The summed E-state index contributed by atoms with van der Waals surface area (Å²) in [6.45, 7) is 5.92. The Balaban J connectivity index is 1.56. The summed E-state index contributed by atoms with van der Waals surface area (Å²) >= 11 is 0. The van der Waals surface area contributed by atoms with E-state index in [-0.39, 0.29) is 0 Å². The molecule has 0 fully saturated rings. The van der Waals surface area contributed by atoms with Crippen molar-refractivity contribution in [3.8, 4) is 0 Å². The molecule has 1 N–H and O–H groups in total. The molecule has 1 aliphatic rings. The zero-order chi connectivity index (χ0) is 17.2. The summed E-state index contributed by atoms with van der Waals surface area (Å²) in [4.78, 5) is 6.85. The maximum atomic E-state index is 4.67. The number of fused-ring (bicyclic) bond motifs is 1. The summed E-state index contributed by atoms with van der Waals surface area (Å²) in [6.07, 6.45) is 2.68. The Bertz CT molecular complexity index is 906. The van der Waals surface area contributed by atoms with Gasteiger partial charge < -0.3 is 10.2 Å². The van der Waals surface area contributed by atoms with Crippen LogP contribution in [0.1, 0.15) is 22.3 Å². The van der Waals surface area contributed by atoms with Crippen molar-refractivity contribution in [1.82, 2.24) is 15.2 Å².